The summed E-state index contributed by atoms with van der Waals surface area (Å²) in [4.78, 5) is 16.2. The molecular weight excluding hydrogens is 322 g/mol. The molecule has 2 aromatic rings. The molecule has 1 amide bonds. The number of ether oxygens (including phenoxy) is 2. The summed E-state index contributed by atoms with van der Waals surface area (Å²) in [7, 11) is 0. The Morgan fingerprint density at radius 3 is 2.67 bits per heavy atom. The third-order valence-electron chi connectivity index (χ3n) is 4.70. The molecule has 2 heterocycles. The van der Waals surface area contributed by atoms with Gasteiger partial charge in [-0.3, -0.25) is 4.79 Å². The first-order chi connectivity index (χ1) is 11.8. The Labute approximate surface area is 146 Å². The van der Waals surface area contributed by atoms with Crippen molar-refractivity contribution in [1.29, 1.82) is 0 Å². The second-order valence-corrected chi connectivity index (χ2v) is 7.35. The number of carbonyl (C=O) groups excluding carboxylic acids is 1. The van der Waals surface area contributed by atoms with Gasteiger partial charge in [0.05, 0.1) is 6.54 Å². The second kappa shape index (κ2) is 6.85. The third-order valence-corrected chi connectivity index (χ3v) is 5.56. The minimum atomic E-state index is 0.151. The smallest absolute Gasteiger partial charge is 0.230 e. The molecule has 0 radical (unpaired) electrons. The minimum absolute atomic E-state index is 0.151. The van der Waals surface area contributed by atoms with Gasteiger partial charge in [-0.2, -0.15) is 0 Å². The molecule has 1 aliphatic carbocycles. The van der Waals surface area contributed by atoms with E-state index in [-0.39, 0.29) is 11.8 Å². The van der Waals surface area contributed by atoms with Crippen LogP contribution in [0.5, 0.6) is 11.5 Å². The highest BCUT2D eigenvalue weighted by Crippen LogP contribution is 2.36. The summed E-state index contributed by atoms with van der Waals surface area (Å²) in [5, 5.41) is 2.05. The van der Waals surface area contributed by atoms with E-state index in [9.17, 15) is 4.79 Å². The number of amides is 1. The molecule has 2 aliphatic rings. The van der Waals surface area contributed by atoms with Crippen LogP contribution in [0.3, 0.4) is 0 Å². The molecule has 0 bridgehead atoms. The predicted octanol–water partition coefficient (Wildman–Crippen LogP) is 4.24. The van der Waals surface area contributed by atoms with Crippen molar-refractivity contribution in [2.24, 2.45) is 5.92 Å². The largest absolute Gasteiger partial charge is 0.486 e. The number of hydrogen-bond donors (Lipinski definition) is 0. The summed E-state index contributed by atoms with van der Waals surface area (Å²) in [5.74, 6) is 1.87. The number of hydrogen-bond acceptors (Lipinski definition) is 4. The summed E-state index contributed by atoms with van der Waals surface area (Å²) < 4.78 is 11.3. The van der Waals surface area contributed by atoms with Gasteiger partial charge in [0.2, 0.25) is 5.91 Å². The van der Waals surface area contributed by atoms with E-state index in [1.54, 1.807) is 11.3 Å². The molecule has 0 atom stereocenters. The van der Waals surface area contributed by atoms with E-state index in [4.69, 9.17) is 9.47 Å². The monoisotopic (exact) mass is 343 g/mol. The van der Waals surface area contributed by atoms with Crippen LogP contribution in [-0.4, -0.2) is 19.1 Å². The topological polar surface area (TPSA) is 38.8 Å². The van der Waals surface area contributed by atoms with Gasteiger partial charge in [0.25, 0.3) is 0 Å². The number of benzene rings is 1. The van der Waals surface area contributed by atoms with Gasteiger partial charge < -0.3 is 14.4 Å². The summed E-state index contributed by atoms with van der Waals surface area (Å²) in [6, 6.07) is 9.93. The molecule has 1 fully saturated rings. The van der Waals surface area contributed by atoms with Crippen LogP contribution in [0.2, 0.25) is 0 Å². The molecule has 1 aromatic carbocycles. The van der Waals surface area contributed by atoms with Crippen LogP contribution >= 0.6 is 11.3 Å². The number of carbonyl (C=O) groups is 1. The van der Waals surface area contributed by atoms with Gasteiger partial charge in [-0.15, -0.1) is 11.3 Å². The lowest BCUT2D eigenvalue weighted by Crippen LogP contribution is -2.34. The Morgan fingerprint density at radius 2 is 1.92 bits per heavy atom. The Hall–Kier alpha value is -2.01. The number of anilines is 1. The predicted molar refractivity (Wildman–Crippen MR) is 94.9 cm³/mol. The average molecular weight is 343 g/mol. The highest BCUT2D eigenvalue weighted by molar-refractivity contribution is 7.09. The molecule has 0 spiro atoms. The SMILES string of the molecule is O=C(C1CCCC1)N(Cc1cccs1)c1ccc2c(c1)OCCO2. The standard InChI is InChI=1S/C19H21NO3S/c21-19(14-4-1-2-5-14)20(13-16-6-3-11-24-16)15-7-8-17-18(12-15)23-10-9-22-17/h3,6-8,11-12,14H,1-2,4-5,9-10,13H2. The van der Waals surface area contributed by atoms with E-state index < -0.39 is 0 Å². The fourth-order valence-electron chi connectivity index (χ4n) is 3.45. The summed E-state index contributed by atoms with van der Waals surface area (Å²) in [5.41, 5.74) is 0.893. The lowest BCUT2D eigenvalue weighted by Gasteiger charge is -2.27. The highest BCUT2D eigenvalue weighted by atomic mass is 32.1. The Balaban J connectivity index is 1.64. The van der Waals surface area contributed by atoms with Crippen molar-refractivity contribution in [3.63, 3.8) is 0 Å². The maximum Gasteiger partial charge on any atom is 0.230 e. The van der Waals surface area contributed by atoms with Crippen molar-refractivity contribution in [2.45, 2.75) is 32.2 Å². The first-order valence-corrected chi connectivity index (χ1v) is 9.42. The summed E-state index contributed by atoms with van der Waals surface area (Å²) in [6.45, 7) is 1.75. The van der Waals surface area contributed by atoms with Crippen LogP contribution in [0.25, 0.3) is 0 Å². The molecule has 0 N–H and O–H groups in total. The summed E-state index contributed by atoms with van der Waals surface area (Å²) >= 11 is 1.68. The average Bonchev–Trinajstić information content (AvgIpc) is 3.32. The summed E-state index contributed by atoms with van der Waals surface area (Å²) in [6.07, 6.45) is 4.32. The molecule has 1 aliphatic heterocycles. The minimum Gasteiger partial charge on any atom is -0.486 e. The fourth-order valence-corrected chi connectivity index (χ4v) is 4.14. The normalized spacial score (nSPS) is 17.0. The molecule has 24 heavy (non-hydrogen) atoms. The van der Waals surface area contributed by atoms with Crippen LogP contribution < -0.4 is 14.4 Å². The van der Waals surface area contributed by atoms with Crippen LogP contribution in [-0.2, 0) is 11.3 Å². The van der Waals surface area contributed by atoms with E-state index in [0.717, 1.165) is 42.9 Å². The van der Waals surface area contributed by atoms with E-state index in [0.29, 0.717) is 19.8 Å². The van der Waals surface area contributed by atoms with Crippen molar-refractivity contribution >= 4 is 22.9 Å². The van der Waals surface area contributed by atoms with Crippen LogP contribution in [0.15, 0.2) is 35.7 Å². The Kier molecular flexibility index (Phi) is 4.43. The zero-order chi connectivity index (χ0) is 16.4. The third kappa shape index (κ3) is 3.13. The molecule has 1 aromatic heterocycles. The van der Waals surface area contributed by atoms with Gasteiger partial charge >= 0.3 is 0 Å². The number of rotatable bonds is 4. The van der Waals surface area contributed by atoms with Gasteiger partial charge in [0, 0.05) is 22.5 Å². The quantitative estimate of drug-likeness (QED) is 0.833. The van der Waals surface area contributed by atoms with Crippen LogP contribution in [0.1, 0.15) is 30.6 Å². The highest BCUT2D eigenvalue weighted by Gasteiger charge is 2.29. The lowest BCUT2D eigenvalue weighted by atomic mass is 10.1. The van der Waals surface area contributed by atoms with Gasteiger partial charge in [0.15, 0.2) is 11.5 Å². The number of fused-ring (bicyclic) bond motifs is 1. The number of nitrogens with zero attached hydrogens (tertiary/aromatic N) is 1. The molecule has 1 saturated carbocycles. The van der Waals surface area contributed by atoms with Crippen molar-refractivity contribution in [3.8, 4) is 11.5 Å². The maximum absolute atomic E-state index is 13.1. The first-order valence-electron chi connectivity index (χ1n) is 8.55. The molecule has 4 nitrogen and oxygen atoms in total. The maximum atomic E-state index is 13.1. The molecule has 5 heteroatoms. The molecule has 126 valence electrons. The number of thiophene rings is 1. The van der Waals surface area contributed by atoms with Crippen LogP contribution in [0.4, 0.5) is 5.69 Å². The van der Waals surface area contributed by atoms with E-state index in [1.165, 1.54) is 4.88 Å². The molecule has 4 rings (SSSR count). The fraction of sp³-hybridized carbons (Fsp3) is 0.421. The molecule has 0 unspecified atom stereocenters. The molecule has 0 saturated heterocycles. The van der Waals surface area contributed by atoms with Crippen LogP contribution in [0, 0.1) is 5.92 Å². The van der Waals surface area contributed by atoms with Gasteiger partial charge in [0.1, 0.15) is 13.2 Å². The zero-order valence-corrected chi connectivity index (χ0v) is 14.4. The first kappa shape index (κ1) is 15.5. The van der Waals surface area contributed by atoms with Crippen molar-refractivity contribution in [2.75, 3.05) is 18.1 Å². The van der Waals surface area contributed by atoms with Gasteiger partial charge in [-0.05, 0) is 36.4 Å². The van der Waals surface area contributed by atoms with E-state index >= 15 is 0 Å². The van der Waals surface area contributed by atoms with Crippen molar-refractivity contribution in [1.82, 2.24) is 0 Å². The van der Waals surface area contributed by atoms with Gasteiger partial charge in [-0.1, -0.05) is 18.9 Å². The zero-order valence-electron chi connectivity index (χ0n) is 13.6. The van der Waals surface area contributed by atoms with E-state index in [1.807, 2.05) is 29.2 Å². The second-order valence-electron chi connectivity index (χ2n) is 6.31. The van der Waals surface area contributed by atoms with Gasteiger partial charge in [-0.25, -0.2) is 0 Å². The Morgan fingerprint density at radius 1 is 1.12 bits per heavy atom. The van der Waals surface area contributed by atoms with Crippen molar-refractivity contribution < 1.29 is 14.3 Å². The van der Waals surface area contributed by atoms with Crippen molar-refractivity contribution in [3.05, 3.63) is 40.6 Å². The molecular formula is C19H21NO3S. The Bertz CT molecular complexity index is 707. The lowest BCUT2D eigenvalue weighted by molar-refractivity contribution is -0.122. The van der Waals surface area contributed by atoms with E-state index in [2.05, 4.69) is 11.4 Å².